The average Bonchev–Trinajstić information content (AvgIpc) is 2.63. The third kappa shape index (κ3) is 2.21. The zero-order valence-electron chi connectivity index (χ0n) is 11.8. The lowest BCUT2D eigenvalue weighted by atomic mass is 9.66. The minimum absolute atomic E-state index is 0.177. The fourth-order valence-corrected chi connectivity index (χ4v) is 3.37. The van der Waals surface area contributed by atoms with Crippen molar-refractivity contribution in [3.8, 4) is 11.8 Å². The van der Waals surface area contributed by atoms with Crippen LogP contribution in [0, 0.1) is 17.3 Å². The van der Waals surface area contributed by atoms with Gasteiger partial charge in [0.15, 0.2) is 0 Å². The highest BCUT2D eigenvalue weighted by atomic mass is 16.7. The van der Waals surface area contributed by atoms with E-state index in [0.29, 0.717) is 6.42 Å². The van der Waals surface area contributed by atoms with E-state index in [1.54, 1.807) is 20.1 Å². The van der Waals surface area contributed by atoms with Crippen LogP contribution in [0.5, 0.6) is 0 Å². The Kier molecular flexibility index (Phi) is 4.03. The van der Waals surface area contributed by atoms with Gasteiger partial charge in [-0.15, -0.1) is 5.92 Å². The van der Waals surface area contributed by atoms with Gasteiger partial charge in [-0.3, -0.25) is 0 Å². The monoisotopic (exact) mass is 266 g/mol. The molecule has 2 aliphatic carbocycles. The van der Waals surface area contributed by atoms with Gasteiger partial charge in [0.05, 0.1) is 12.2 Å². The molecule has 2 N–H and O–H groups in total. The van der Waals surface area contributed by atoms with Crippen molar-refractivity contribution in [2.24, 2.45) is 5.41 Å². The van der Waals surface area contributed by atoms with Gasteiger partial charge in [-0.1, -0.05) is 24.5 Å². The molecule has 0 radical (unpaired) electrons. The van der Waals surface area contributed by atoms with Crippen LogP contribution in [0.2, 0.25) is 0 Å². The summed E-state index contributed by atoms with van der Waals surface area (Å²) in [6.07, 6.45) is 2.27. The summed E-state index contributed by atoms with van der Waals surface area (Å²) in [5.41, 5.74) is 0.127. The van der Waals surface area contributed by atoms with Crippen molar-refractivity contribution in [1.82, 2.24) is 0 Å². The molecule has 4 heteroatoms. The molecule has 0 bridgehead atoms. The molecular weight excluding hydrogens is 244 g/mol. The van der Waals surface area contributed by atoms with Crippen LogP contribution >= 0.6 is 0 Å². The number of fused-ring (bicyclic) bond motifs is 1. The van der Waals surface area contributed by atoms with Crippen molar-refractivity contribution < 1.29 is 19.7 Å². The molecule has 0 aromatic rings. The molecule has 4 nitrogen and oxygen atoms in total. The van der Waals surface area contributed by atoms with Gasteiger partial charge in [-0.2, -0.15) is 0 Å². The first-order chi connectivity index (χ1) is 8.99. The second-order valence-electron chi connectivity index (χ2n) is 5.54. The molecule has 0 amide bonds. The van der Waals surface area contributed by atoms with Crippen LogP contribution in [0.4, 0.5) is 0 Å². The van der Waals surface area contributed by atoms with Crippen LogP contribution in [0.1, 0.15) is 33.1 Å². The van der Waals surface area contributed by atoms with Gasteiger partial charge in [0.25, 0.3) is 0 Å². The first-order valence-electron chi connectivity index (χ1n) is 6.63. The van der Waals surface area contributed by atoms with Crippen molar-refractivity contribution in [2.45, 2.75) is 50.9 Å². The summed E-state index contributed by atoms with van der Waals surface area (Å²) in [6.45, 7) is 4.02. The fraction of sp³-hybridized carbons (Fsp3) is 0.733. The maximum atomic E-state index is 9.99. The Hall–Kier alpha value is -0.860. The number of rotatable bonds is 3. The Morgan fingerprint density at radius 1 is 1.47 bits per heavy atom. The summed E-state index contributed by atoms with van der Waals surface area (Å²) in [6, 6.07) is 0. The lowest BCUT2D eigenvalue weighted by Crippen LogP contribution is -2.50. The van der Waals surface area contributed by atoms with Gasteiger partial charge in [0.1, 0.15) is 12.4 Å². The van der Waals surface area contributed by atoms with Crippen LogP contribution in [-0.4, -0.2) is 41.9 Å². The summed E-state index contributed by atoms with van der Waals surface area (Å²) in [5, 5.41) is 19.8. The summed E-state index contributed by atoms with van der Waals surface area (Å²) in [4.78, 5) is 0. The van der Waals surface area contributed by atoms with E-state index in [0.717, 1.165) is 18.4 Å². The van der Waals surface area contributed by atoms with Crippen LogP contribution in [0.25, 0.3) is 0 Å². The maximum Gasteiger partial charge on any atom is 0.148 e. The number of hydrogen-bond acceptors (Lipinski definition) is 4. The smallest absolute Gasteiger partial charge is 0.148 e. The first kappa shape index (κ1) is 14.5. The average molecular weight is 266 g/mol. The van der Waals surface area contributed by atoms with E-state index in [1.807, 2.05) is 0 Å². The SMILES string of the molecule is CC#C[C@]1(OCOC)CCC2=CC(O)C(O)C[C@@]21C. The van der Waals surface area contributed by atoms with Crippen LogP contribution in [-0.2, 0) is 9.47 Å². The third-order valence-electron chi connectivity index (χ3n) is 4.48. The predicted molar refractivity (Wildman–Crippen MR) is 71.2 cm³/mol. The molecule has 1 saturated carbocycles. The Balaban J connectivity index is 2.40. The quantitative estimate of drug-likeness (QED) is 0.458. The molecule has 2 unspecified atom stereocenters. The summed E-state index contributed by atoms with van der Waals surface area (Å²) >= 11 is 0. The van der Waals surface area contributed by atoms with Crippen LogP contribution in [0.3, 0.4) is 0 Å². The number of methoxy groups -OCH3 is 1. The molecule has 0 saturated heterocycles. The lowest BCUT2D eigenvalue weighted by Gasteiger charge is -2.44. The minimum Gasteiger partial charge on any atom is -0.390 e. The van der Waals surface area contributed by atoms with Gasteiger partial charge in [-0.05, 0) is 26.2 Å². The molecule has 0 heterocycles. The Morgan fingerprint density at radius 2 is 2.21 bits per heavy atom. The second kappa shape index (κ2) is 5.26. The molecule has 2 rings (SSSR count). The highest BCUT2D eigenvalue weighted by Gasteiger charge is 2.57. The molecular formula is C15H22O4. The van der Waals surface area contributed by atoms with Crippen molar-refractivity contribution in [2.75, 3.05) is 13.9 Å². The van der Waals surface area contributed by atoms with Crippen molar-refractivity contribution >= 4 is 0 Å². The number of aliphatic hydroxyl groups excluding tert-OH is 2. The normalized spacial score (nSPS) is 41.2. The first-order valence-corrected chi connectivity index (χ1v) is 6.63. The van der Waals surface area contributed by atoms with Gasteiger partial charge in [0, 0.05) is 12.5 Å². The summed E-state index contributed by atoms with van der Waals surface area (Å²) in [5.74, 6) is 6.12. The van der Waals surface area contributed by atoms with Crippen molar-refractivity contribution in [3.63, 3.8) is 0 Å². The highest BCUT2D eigenvalue weighted by Crippen LogP contribution is 2.56. The zero-order chi connectivity index (χ0) is 14.1. The molecule has 106 valence electrons. The molecule has 0 aliphatic heterocycles. The van der Waals surface area contributed by atoms with Gasteiger partial charge >= 0.3 is 0 Å². The number of ether oxygens (including phenoxy) is 2. The Bertz CT molecular complexity index is 433. The van der Waals surface area contributed by atoms with E-state index in [1.165, 1.54) is 0 Å². The van der Waals surface area contributed by atoms with E-state index in [2.05, 4.69) is 18.8 Å². The highest BCUT2D eigenvalue weighted by molar-refractivity contribution is 5.38. The Labute approximate surface area is 114 Å². The van der Waals surface area contributed by atoms with Gasteiger partial charge < -0.3 is 19.7 Å². The fourth-order valence-electron chi connectivity index (χ4n) is 3.37. The number of aliphatic hydroxyl groups is 2. The van der Waals surface area contributed by atoms with Crippen molar-refractivity contribution in [3.05, 3.63) is 11.6 Å². The molecule has 19 heavy (non-hydrogen) atoms. The predicted octanol–water partition coefficient (Wildman–Crippen LogP) is 1.22. The third-order valence-corrected chi connectivity index (χ3v) is 4.48. The van der Waals surface area contributed by atoms with Gasteiger partial charge in [0.2, 0.25) is 0 Å². The lowest BCUT2D eigenvalue weighted by molar-refractivity contribution is -0.148. The molecule has 4 atom stereocenters. The van der Waals surface area contributed by atoms with Crippen LogP contribution in [0.15, 0.2) is 11.6 Å². The molecule has 0 spiro atoms. The molecule has 2 aliphatic rings. The molecule has 0 aromatic heterocycles. The summed E-state index contributed by atoms with van der Waals surface area (Å²) < 4.78 is 10.9. The minimum atomic E-state index is -0.782. The largest absolute Gasteiger partial charge is 0.390 e. The zero-order valence-corrected chi connectivity index (χ0v) is 11.8. The maximum absolute atomic E-state index is 9.99. The van der Waals surface area contributed by atoms with Crippen molar-refractivity contribution in [1.29, 1.82) is 0 Å². The second-order valence-corrected chi connectivity index (χ2v) is 5.54. The Morgan fingerprint density at radius 3 is 2.84 bits per heavy atom. The molecule has 1 fully saturated rings. The number of hydrogen-bond donors (Lipinski definition) is 2. The van der Waals surface area contributed by atoms with Gasteiger partial charge in [-0.25, -0.2) is 0 Å². The van der Waals surface area contributed by atoms with E-state index < -0.39 is 17.8 Å². The van der Waals surface area contributed by atoms with E-state index in [-0.39, 0.29) is 12.2 Å². The topological polar surface area (TPSA) is 58.9 Å². The summed E-state index contributed by atoms with van der Waals surface area (Å²) in [7, 11) is 1.58. The van der Waals surface area contributed by atoms with Crippen LogP contribution < -0.4 is 0 Å². The molecule has 0 aromatic carbocycles. The van der Waals surface area contributed by atoms with E-state index in [9.17, 15) is 10.2 Å². The standard InChI is InChI=1S/C15H22O4/c1-4-6-15(19-10-18-3)7-5-11-8-12(16)13(17)9-14(11,15)2/h8,12-13,16-17H,5,7,9-10H2,1-3H3/t12?,13?,14-,15-/m0/s1. The van der Waals surface area contributed by atoms with E-state index in [4.69, 9.17) is 9.47 Å². The van der Waals surface area contributed by atoms with E-state index >= 15 is 0 Å².